The average molecular weight is 238 g/mol. The van der Waals surface area contributed by atoms with Gasteiger partial charge in [-0.1, -0.05) is 18.6 Å². The fourth-order valence-corrected chi connectivity index (χ4v) is 2.14. The number of carbonyl (C=O) groups is 1. The summed E-state index contributed by atoms with van der Waals surface area (Å²) in [6.07, 6.45) is 5.96. The van der Waals surface area contributed by atoms with Gasteiger partial charge in [-0.15, -0.1) is 0 Å². The van der Waals surface area contributed by atoms with Gasteiger partial charge in [-0.3, -0.25) is 9.89 Å². The van der Waals surface area contributed by atoms with Gasteiger partial charge in [-0.05, 0) is 12.8 Å². The predicted octanol–water partition coefficient (Wildman–Crippen LogP) is 0.482. The minimum atomic E-state index is -0.598. The van der Waals surface area contributed by atoms with Gasteiger partial charge in [0.15, 0.2) is 0 Å². The highest BCUT2D eigenvalue weighted by Crippen LogP contribution is 2.41. The molecule has 86 valence electrons. The highest BCUT2D eigenvalue weighted by molar-refractivity contribution is 7.80. The molecule has 16 heavy (non-hydrogen) atoms. The zero-order chi connectivity index (χ0) is 11.6. The van der Waals surface area contributed by atoms with Crippen LogP contribution in [0.25, 0.3) is 0 Å². The first-order valence-electron chi connectivity index (χ1n) is 5.21. The average Bonchev–Trinajstić information content (AvgIpc) is 2.64. The van der Waals surface area contributed by atoms with Crippen LogP contribution in [-0.2, 0) is 11.3 Å². The molecule has 1 aliphatic carbocycles. The Bertz CT molecular complexity index is 397. The zero-order valence-electron chi connectivity index (χ0n) is 8.82. The molecule has 0 aliphatic heterocycles. The van der Waals surface area contributed by atoms with E-state index in [4.69, 9.17) is 18.0 Å². The Balaban J connectivity index is 1.95. The SMILES string of the molecule is NC(=S)C1(C(=O)NCc2cn[nH]c2)CCC1. The molecule has 1 aliphatic rings. The number of hydrogen-bond donors (Lipinski definition) is 3. The van der Waals surface area contributed by atoms with Crippen molar-refractivity contribution in [1.82, 2.24) is 15.5 Å². The molecule has 0 saturated heterocycles. The fraction of sp³-hybridized carbons (Fsp3) is 0.500. The predicted molar refractivity (Wildman–Crippen MR) is 63.5 cm³/mol. The van der Waals surface area contributed by atoms with Gasteiger partial charge in [-0.25, -0.2) is 0 Å². The highest BCUT2D eigenvalue weighted by atomic mass is 32.1. The summed E-state index contributed by atoms with van der Waals surface area (Å²) in [5.41, 5.74) is 5.97. The number of nitrogens with two attached hydrogens (primary N) is 1. The first-order chi connectivity index (χ1) is 7.65. The third kappa shape index (κ3) is 1.80. The lowest BCUT2D eigenvalue weighted by Crippen LogP contribution is -2.52. The molecule has 1 aromatic rings. The summed E-state index contributed by atoms with van der Waals surface area (Å²) in [6.45, 7) is 0.458. The lowest BCUT2D eigenvalue weighted by Gasteiger charge is -2.39. The number of rotatable bonds is 4. The van der Waals surface area contributed by atoms with E-state index in [1.165, 1.54) is 0 Å². The molecule has 0 aromatic carbocycles. The van der Waals surface area contributed by atoms with E-state index in [2.05, 4.69) is 15.5 Å². The first-order valence-corrected chi connectivity index (χ1v) is 5.62. The summed E-state index contributed by atoms with van der Waals surface area (Å²) in [5, 5.41) is 9.34. The van der Waals surface area contributed by atoms with Crippen LogP contribution in [0.1, 0.15) is 24.8 Å². The van der Waals surface area contributed by atoms with E-state index < -0.39 is 5.41 Å². The molecule has 1 saturated carbocycles. The third-order valence-electron chi connectivity index (χ3n) is 3.12. The number of amides is 1. The van der Waals surface area contributed by atoms with Crippen molar-refractivity contribution in [2.24, 2.45) is 11.1 Å². The number of nitrogens with zero attached hydrogens (tertiary/aromatic N) is 1. The maximum atomic E-state index is 12.0. The van der Waals surface area contributed by atoms with Crippen molar-refractivity contribution < 1.29 is 4.79 Å². The fourth-order valence-electron chi connectivity index (χ4n) is 1.84. The Morgan fingerprint density at radius 3 is 2.88 bits per heavy atom. The molecular formula is C10H14N4OS. The van der Waals surface area contributed by atoms with Crippen LogP contribution in [0.5, 0.6) is 0 Å². The van der Waals surface area contributed by atoms with Crippen molar-refractivity contribution in [2.45, 2.75) is 25.8 Å². The molecular weight excluding hydrogens is 224 g/mol. The van der Waals surface area contributed by atoms with Gasteiger partial charge in [0, 0.05) is 18.3 Å². The van der Waals surface area contributed by atoms with Gasteiger partial charge >= 0.3 is 0 Å². The Morgan fingerprint density at radius 2 is 2.44 bits per heavy atom. The standard InChI is InChI=1S/C10H14N4OS/c11-8(16)10(2-1-3-10)9(15)12-4-7-5-13-14-6-7/h5-6H,1-4H2,(H2,11,16)(H,12,15)(H,13,14). The maximum absolute atomic E-state index is 12.0. The summed E-state index contributed by atoms with van der Waals surface area (Å²) < 4.78 is 0. The zero-order valence-corrected chi connectivity index (χ0v) is 9.64. The molecule has 6 heteroatoms. The van der Waals surface area contributed by atoms with Crippen LogP contribution in [0.15, 0.2) is 12.4 Å². The van der Waals surface area contributed by atoms with Gasteiger partial charge in [0.05, 0.1) is 16.6 Å². The van der Waals surface area contributed by atoms with Crippen LogP contribution in [0.3, 0.4) is 0 Å². The van der Waals surface area contributed by atoms with Crippen LogP contribution in [0.4, 0.5) is 0 Å². The molecule has 4 N–H and O–H groups in total. The van der Waals surface area contributed by atoms with Gasteiger partial charge in [0.25, 0.3) is 0 Å². The first kappa shape index (κ1) is 11.1. The second kappa shape index (κ2) is 4.21. The second-order valence-electron chi connectivity index (χ2n) is 4.09. The molecule has 0 bridgehead atoms. The van der Waals surface area contributed by atoms with Crippen molar-refractivity contribution in [3.8, 4) is 0 Å². The number of hydrogen-bond acceptors (Lipinski definition) is 3. The van der Waals surface area contributed by atoms with Crippen molar-refractivity contribution in [2.75, 3.05) is 0 Å². The van der Waals surface area contributed by atoms with E-state index >= 15 is 0 Å². The summed E-state index contributed by atoms with van der Waals surface area (Å²) in [6, 6.07) is 0. The molecule has 0 unspecified atom stereocenters. The minimum absolute atomic E-state index is 0.0625. The molecule has 0 atom stereocenters. The lowest BCUT2D eigenvalue weighted by molar-refractivity contribution is -0.131. The van der Waals surface area contributed by atoms with Crippen LogP contribution in [-0.4, -0.2) is 21.1 Å². The molecule has 0 radical (unpaired) electrons. The number of carbonyl (C=O) groups excluding carboxylic acids is 1. The summed E-state index contributed by atoms with van der Waals surface area (Å²) in [4.78, 5) is 12.3. The van der Waals surface area contributed by atoms with Crippen molar-refractivity contribution >= 4 is 23.1 Å². The topological polar surface area (TPSA) is 83.8 Å². The van der Waals surface area contributed by atoms with Crippen molar-refractivity contribution in [3.63, 3.8) is 0 Å². The van der Waals surface area contributed by atoms with E-state index in [1.807, 2.05) is 0 Å². The number of nitrogens with one attached hydrogen (secondary N) is 2. The molecule has 2 rings (SSSR count). The Morgan fingerprint density at radius 1 is 1.69 bits per heavy atom. The summed E-state index contributed by atoms with van der Waals surface area (Å²) in [7, 11) is 0. The Hall–Kier alpha value is -1.43. The van der Waals surface area contributed by atoms with Gasteiger partial charge in [0.2, 0.25) is 5.91 Å². The second-order valence-corrected chi connectivity index (χ2v) is 4.53. The molecule has 5 nitrogen and oxygen atoms in total. The lowest BCUT2D eigenvalue weighted by atomic mass is 9.68. The molecule has 0 spiro atoms. The van der Waals surface area contributed by atoms with Crippen LogP contribution in [0, 0.1) is 5.41 Å². The number of H-pyrrole nitrogens is 1. The quantitative estimate of drug-likeness (QED) is 0.666. The van der Waals surface area contributed by atoms with Gasteiger partial charge in [-0.2, -0.15) is 5.10 Å². The third-order valence-corrected chi connectivity index (χ3v) is 3.51. The number of thiocarbonyl (C=S) groups is 1. The van der Waals surface area contributed by atoms with E-state index in [9.17, 15) is 4.79 Å². The van der Waals surface area contributed by atoms with Crippen molar-refractivity contribution in [3.05, 3.63) is 18.0 Å². The monoisotopic (exact) mass is 238 g/mol. The van der Waals surface area contributed by atoms with Gasteiger partial charge in [0.1, 0.15) is 0 Å². The van der Waals surface area contributed by atoms with Crippen LogP contribution in [0.2, 0.25) is 0 Å². The molecule has 1 amide bonds. The minimum Gasteiger partial charge on any atom is -0.392 e. The smallest absolute Gasteiger partial charge is 0.233 e. The maximum Gasteiger partial charge on any atom is 0.233 e. The Kier molecular flexibility index (Phi) is 2.91. The molecule has 1 heterocycles. The molecule has 1 fully saturated rings. The van der Waals surface area contributed by atoms with E-state index in [-0.39, 0.29) is 5.91 Å². The van der Waals surface area contributed by atoms with E-state index in [0.29, 0.717) is 11.5 Å². The molecule has 1 aromatic heterocycles. The number of aromatic nitrogens is 2. The summed E-state index contributed by atoms with van der Waals surface area (Å²) >= 11 is 4.97. The summed E-state index contributed by atoms with van der Waals surface area (Å²) in [5.74, 6) is -0.0625. The van der Waals surface area contributed by atoms with E-state index in [1.54, 1.807) is 12.4 Å². The largest absolute Gasteiger partial charge is 0.392 e. The van der Waals surface area contributed by atoms with Crippen LogP contribution < -0.4 is 11.1 Å². The normalized spacial score (nSPS) is 17.5. The van der Waals surface area contributed by atoms with Gasteiger partial charge < -0.3 is 11.1 Å². The van der Waals surface area contributed by atoms with Crippen LogP contribution >= 0.6 is 12.2 Å². The van der Waals surface area contributed by atoms with Crippen molar-refractivity contribution in [1.29, 1.82) is 0 Å². The van der Waals surface area contributed by atoms with E-state index in [0.717, 1.165) is 24.8 Å². The highest BCUT2D eigenvalue weighted by Gasteiger charge is 2.46. The number of aromatic amines is 1. The Labute approximate surface area is 98.8 Å².